The Hall–Kier alpha value is -1.76. The van der Waals surface area contributed by atoms with E-state index in [1.54, 1.807) is 6.07 Å². The summed E-state index contributed by atoms with van der Waals surface area (Å²) in [5.74, 6) is -0.580. The normalized spacial score (nSPS) is 16.9. The highest BCUT2D eigenvalue weighted by atomic mass is 19.4. The van der Waals surface area contributed by atoms with Crippen molar-refractivity contribution in [3.8, 4) is 0 Å². The topological polar surface area (TPSA) is 62.3 Å². The van der Waals surface area contributed by atoms with Gasteiger partial charge in [0, 0.05) is 30.9 Å². The Balaban J connectivity index is 2.38. The molecule has 1 aliphatic rings. The van der Waals surface area contributed by atoms with Crippen LogP contribution in [-0.2, 0) is 10.9 Å². The summed E-state index contributed by atoms with van der Waals surface area (Å²) in [6.45, 7) is 2.32. The highest BCUT2D eigenvalue weighted by Crippen LogP contribution is 2.34. The van der Waals surface area contributed by atoms with Crippen LogP contribution in [0.15, 0.2) is 18.2 Å². The van der Waals surface area contributed by atoms with Crippen LogP contribution in [0.4, 0.5) is 18.9 Å². The lowest BCUT2D eigenvalue weighted by Gasteiger charge is -2.24. The van der Waals surface area contributed by atoms with Crippen LogP contribution in [0, 0.1) is 5.41 Å². The van der Waals surface area contributed by atoms with Crippen molar-refractivity contribution in [1.29, 1.82) is 5.41 Å². The third kappa shape index (κ3) is 3.22. The number of amidine groups is 1. The number of nitrogens with zero attached hydrogens (tertiary/aromatic N) is 1. The quantitative estimate of drug-likeness (QED) is 0.647. The second-order valence-corrected chi connectivity index (χ2v) is 4.59. The Bertz CT molecular complexity index is 494. The van der Waals surface area contributed by atoms with Crippen LogP contribution in [0.1, 0.15) is 17.5 Å². The zero-order valence-corrected chi connectivity index (χ0v) is 10.8. The molecule has 1 aliphatic heterocycles. The summed E-state index contributed by atoms with van der Waals surface area (Å²) in [5, 5.41) is 7.25. The minimum Gasteiger partial charge on any atom is -0.384 e. The van der Waals surface area contributed by atoms with E-state index in [-0.39, 0.29) is 5.56 Å². The zero-order chi connectivity index (χ0) is 14.8. The lowest BCUT2D eigenvalue weighted by molar-refractivity contribution is -0.137. The lowest BCUT2D eigenvalue weighted by atomic mass is 10.0. The molecule has 110 valence electrons. The fourth-order valence-electron chi connectivity index (χ4n) is 2.20. The van der Waals surface area contributed by atoms with E-state index in [0.29, 0.717) is 32.0 Å². The van der Waals surface area contributed by atoms with E-state index >= 15 is 0 Å². The van der Waals surface area contributed by atoms with Crippen molar-refractivity contribution >= 4 is 11.5 Å². The fraction of sp³-hybridized carbons (Fsp3) is 0.462. The molecule has 1 fully saturated rings. The van der Waals surface area contributed by atoms with Crippen molar-refractivity contribution in [2.45, 2.75) is 12.6 Å². The van der Waals surface area contributed by atoms with Gasteiger partial charge in [0.2, 0.25) is 0 Å². The minimum absolute atomic E-state index is 0.285. The average Bonchev–Trinajstić information content (AvgIpc) is 2.65. The number of nitrogen functional groups attached to an aromatic ring is 1. The number of hydrogen-bond donors (Lipinski definition) is 2. The molecule has 20 heavy (non-hydrogen) atoms. The van der Waals surface area contributed by atoms with Crippen LogP contribution in [-0.4, -0.2) is 32.1 Å². The van der Waals surface area contributed by atoms with E-state index in [1.165, 1.54) is 6.07 Å². The molecule has 1 aromatic carbocycles. The Morgan fingerprint density at radius 2 is 2.00 bits per heavy atom. The Morgan fingerprint density at radius 1 is 1.25 bits per heavy atom. The zero-order valence-electron chi connectivity index (χ0n) is 10.8. The lowest BCUT2D eigenvalue weighted by Crippen LogP contribution is -2.27. The van der Waals surface area contributed by atoms with Gasteiger partial charge >= 0.3 is 6.18 Å². The van der Waals surface area contributed by atoms with Gasteiger partial charge in [0.1, 0.15) is 5.84 Å². The third-order valence-corrected chi connectivity index (χ3v) is 3.19. The first kappa shape index (κ1) is 14.6. The Morgan fingerprint density at radius 3 is 2.65 bits per heavy atom. The van der Waals surface area contributed by atoms with E-state index in [9.17, 15) is 13.2 Å². The molecular weight excluding hydrogens is 271 g/mol. The first-order chi connectivity index (χ1) is 9.39. The van der Waals surface area contributed by atoms with E-state index in [2.05, 4.69) is 0 Å². The van der Waals surface area contributed by atoms with E-state index in [4.69, 9.17) is 15.9 Å². The van der Waals surface area contributed by atoms with E-state index in [1.807, 2.05) is 4.90 Å². The predicted octanol–water partition coefficient (Wildman–Crippen LogP) is 2.22. The summed E-state index contributed by atoms with van der Waals surface area (Å²) in [6, 6.07) is 3.88. The molecule has 0 radical (unpaired) electrons. The maximum Gasteiger partial charge on any atom is 0.417 e. The van der Waals surface area contributed by atoms with Crippen LogP contribution in [0.2, 0.25) is 0 Å². The molecule has 0 spiro atoms. The van der Waals surface area contributed by atoms with E-state index in [0.717, 1.165) is 12.5 Å². The molecular formula is C13H16F3N3O. The highest BCUT2D eigenvalue weighted by molar-refractivity contribution is 5.97. The number of alkyl halides is 3. The van der Waals surface area contributed by atoms with Gasteiger partial charge < -0.3 is 15.4 Å². The van der Waals surface area contributed by atoms with Gasteiger partial charge in [0.05, 0.1) is 12.2 Å². The molecule has 1 saturated heterocycles. The van der Waals surface area contributed by atoms with Crippen molar-refractivity contribution in [3.63, 3.8) is 0 Å². The maximum absolute atomic E-state index is 13.0. The smallest absolute Gasteiger partial charge is 0.384 e. The van der Waals surface area contributed by atoms with Crippen LogP contribution in [0.5, 0.6) is 0 Å². The van der Waals surface area contributed by atoms with Crippen LogP contribution < -0.4 is 10.6 Å². The molecule has 7 heteroatoms. The number of anilines is 1. The molecule has 1 heterocycles. The summed E-state index contributed by atoms with van der Waals surface area (Å²) >= 11 is 0. The highest BCUT2D eigenvalue weighted by Gasteiger charge is 2.34. The second kappa shape index (κ2) is 5.70. The number of benzene rings is 1. The summed E-state index contributed by atoms with van der Waals surface area (Å²) < 4.78 is 44.4. The number of hydrogen-bond acceptors (Lipinski definition) is 3. The SMILES string of the molecule is N=C(N)c1ccc(N2CCCOCC2)cc1C(F)(F)F. The standard InChI is InChI=1S/C13H16F3N3O/c14-13(15,16)11-8-9(2-3-10(11)12(17)18)19-4-1-6-20-7-5-19/h2-3,8H,1,4-7H2,(H3,17,18). The summed E-state index contributed by atoms with van der Waals surface area (Å²) in [6.07, 6.45) is -3.75. The molecule has 3 N–H and O–H groups in total. The number of ether oxygens (including phenoxy) is 1. The Kier molecular flexibility index (Phi) is 4.17. The summed E-state index contributed by atoms with van der Waals surface area (Å²) in [7, 11) is 0. The van der Waals surface area contributed by atoms with Crippen LogP contribution in [0.25, 0.3) is 0 Å². The molecule has 0 bridgehead atoms. The summed E-state index contributed by atoms with van der Waals surface area (Å²) in [5.41, 5.74) is 4.54. The minimum atomic E-state index is -4.53. The number of nitrogens with two attached hydrogens (primary N) is 1. The molecule has 0 aliphatic carbocycles. The van der Waals surface area contributed by atoms with Gasteiger partial charge in [0.15, 0.2) is 0 Å². The van der Waals surface area contributed by atoms with Crippen molar-refractivity contribution in [1.82, 2.24) is 0 Å². The first-order valence-corrected chi connectivity index (χ1v) is 6.28. The molecule has 1 aromatic rings. The van der Waals surface area contributed by atoms with Crippen molar-refractivity contribution in [2.75, 3.05) is 31.2 Å². The molecule has 0 saturated carbocycles. The fourth-order valence-corrected chi connectivity index (χ4v) is 2.20. The maximum atomic E-state index is 13.0. The number of halogens is 3. The molecule has 0 atom stereocenters. The largest absolute Gasteiger partial charge is 0.417 e. The summed E-state index contributed by atoms with van der Waals surface area (Å²) in [4.78, 5) is 1.85. The van der Waals surface area contributed by atoms with Crippen LogP contribution >= 0.6 is 0 Å². The Labute approximate surface area is 114 Å². The average molecular weight is 287 g/mol. The van der Waals surface area contributed by atoms with Crippen molar-refractivity contribution in [3.05, 3.63) is 29.3 Å². The van der Waals surface area contributed by atoms with Crippen LogP contribution in [0.3, 0.4) is 0 Å². The second-order valence-electron chi connectivity index (χ2n) is 4.59. The van der Waals surface area contributed by atoms with Gasteiger partial charge in [0.25, 0.3) is 0 Å². The van der Waals surface area contributed by atoms with Gasteiger partial charge in [-0.3, -0.25) is 5.41 Å². The number of rotatable bonds is 2. The third-order valence-electron chi connectivity index (χ3n) is 3.19. The molecule has 4 nitrogen and oxygen atoms in total. The monoisotopic (exact) mass is 287 g/mol. The van der Waals surface area contributed by atoms with Crippen molar-refractivity contribution < 1.29 is 17.9 Å². The van der Waals surface area contributed by atoms with Gasteiger partial charge in [-0.05, 0) is 24.6 Å². The van der Waals surface area contributed by atoms with Crippen molar-refractivity contribution in [2.24, 2.45) is 5.73 Å². The molecule has 0 aromatic heterocycles. The first-order valence-electron chi connectivity index (χ1n) is 6.28. The van der Waals surface area contributed by atoms with Gasteiger partial charge in [-0.1, -0.05) is 0 Å². The molecule has 2 rings (SSSR count). The molecule has 0 unspecified atom stereocenters. The van der Waals surface area contributed by atoms with Gasteiger partial charge in [-0.2, -0.15) is 13.2 Å². The predicted molar refractivity (Wildman–Crippen MR) is 70.1 cm³/mol. The number of nitrogens with one attached hydrogen (secondary N) is 1. The van der Waals surface area contributed by atoms with Gasteiger partial charge in [-0.15, -0.1) is 0 Å². The van der Waals surface area contributed by atoms with Gasteiger partial charge in [-0.25, -0.2) is 0 Å². The van der Waals surface area contributed by atoms with E-state index < -0.39 is 17.6 Å². The molecule has 0 amide bonds.